The Hall–Kier alpha value is -1.84. The lowest BCUT2D eigenvalue weighted by molar-refractivity contribution is -0.147. The number of hydrogen-bond acceptors (Lipinski definition) is 2. The standard InChI is InChI=1S/C15H21NO3/c1-5-15(4,14(18)19)9-16-13(17)12-7-10(2)6-11(3)8-12/h6-8H,5,9H2,1-4H3,(H,16,17)(H,18,19). The van der Waals surface area contributed by atoms with Crippen LogP contribution in [0.3, 0.4) is 0 Å². The molecule has 0 aliphatic carbocycles. The normalized spacial score (nSPS) is 13.7. The van der Waals surface area contributed by atoms with E-state index in [-0.39, 0.29) is 12.5 Å². The molecule has 4 nitrogen and oxygen atoms in total. The van der Waals surface area contributed by atoms with Crippen molar-refractivity contribution in [3.8, 4) is 0 Å². The summed E-state index contributed by atoms with van der Waals surface area (Å²) in [7, 11) is 0. The van der Waals surface area contributed by atoms with Gasteiger partial charge in [0.2, 0.25) is 0 Å². The summed E-state index contributed by atoms with van der Waals surface area (Å²) in [5.74, 6) is -1.12. The van der Waals surface area contributed by atoms with Crippen LogP contribution in [0.5, 0.6) is 0 Å². The Kier molecular flexibility index (Phi) is 4.70. The third-order valence-corrected chi connectivity index (χ3v) is 3.42. The zero-order valence-corrected chi connectivity index (χ0v) is 11.9. The van der Waals surface area contributed by atoms with Gasteiger partial charge in [-0.25, -0.2) is 0 Å². The van der Waals surface area contributed by atoms with E-state index >= 15 is 0 Å². The monoisotopic (exact) mass is 263 g/mol. The molecule has 0 spiro atoms. The molecule has 1 atom stereocenters. The van der Waals surface area contributed by atoms with Gasteiger partial charge in [0.25, 0.3) is 5.91 Å². The topological polar surface area (TPSA) is 66.4 Å². The molecule has 1 aromatic carbocycles. The van der Waals surface area contributed by atoms with Crippen LogP contribution in [-0.4, -0.2) is 23.5 Å². The van der Waals surface area contributed by atoms with Gasteiger partial charge in [-0.3, -0.25) is 9.59 Å². The van der Waals surface area contributed by atoms with Gasteiger partial charge in [-0.1, -0.05) is 24.1 Å². The van der Waals surface area contributed by atoms with Gasteiger partial charge < -0.3 is 10.4 Å². The van der Waals surface area contributed by atoms with Crippen molar-refractivity contribution in [1.29, 1.82) is 0 Å². The Balaban J connectivity index is 2.78. The summed E-state index contributed by atoms with van der Waals surface area (Å²) in [6.07, 6.45) is 0.468. The molecular formula is C15H21NO3. The van der Waals surface area contributed by atoms with Crippen LogP contribution >= 0.6 is 0 Å². The van der Waals surface area contributed by atoms with E-state index in [0.717, 1.165) is 11.1 Å². The molecule has 0 aliphatic heterocycles. The first-order valence-electron chi connectivity index (χ1n) is 6.38. The van der Waals surface area contributed by atoms with E-state index in [1.165, 1.54) is 0 Å². The Bertz CT molecular complexity index is 476. The minimum absolute atomic E-state index is 0.130. The van der Waals surface area contributed by atoms with Crippen LogP contribution in [-0.2, 0) is 4.79 Å². The highest BCUT2D eigenvalue weighted by Crippen LogP contribution is 2.20. The van der Waals surface area contributed by atoms with Gasteiger partial charge in [-0.05, 0) is 39.3 Å². The van der Waals surface area contributed by atoms with Gasteiger partial charge in [0.1, 0.15) is 0 Å². The van der Waals surface area contributed by atoms with E-state index in [9.17, 15) is 9.59 Å². The zero-order chi connectivity index (χ0) is 14.6. The maximum absolute atomic E-state index is 12.0. The molecule has 19 heavy (non-hydrogen) atoms. The molecule has 0 fully saturated rings. The fraction of sp³-hybridized carbons (Fsp3) is 0.467. The third-order valence-electron chi connectivity index (χ3n) is 3.42. The van der Waals surface area contributed by atoms with Crippen LogP contribution < -0.4 is 5.32 Å². The second kappa shape index (κ2) is 5.87. The highest BCUT2D eigenvalue weighted by molar-refractivity contribution is 5.94. The summed E-state index contributed by atoms with van der Waals surface area (Å²) >= 11 is 0. The number of benzene rings is 1. The third kappa shape index (κ3) is 3.81. The molecule has 0 radical (unpaired) electrons. The van der Waals surface area contributed by atoms with E-state index < -0.39 is 11.4 Å². The van der Waals surface area contributed by atoms with Crippen molar-refractivity contribution in [1.82, 2.24) is 5.32 Å². The number of amides is 1. The predicted octanol–water partition coefficient (Wildman–Crippen LogP) is 2.53. The van der Waals surface area contributed by atoms with Gasteiger partial charge in [0.05, 0.1) is 5.41 Å². The van der Waals surface area contributed by atoms with E-state index in [0.29, 0.717) is 12.0 Å². The summed E-state index contributed by atoms with van der Waals surface area (Å²) in [6, 6.07) is 5.59. The quantitative estimate of drug-likeness (QED) is 0.858. The Morgan fingerprint density at radius 1 is 1.21 bits per heavy atom. The molecule has 0 aromatic heterocycles. The number of carboxylic acid groups (broad SMARTS) is 1. The summed E-state index contributed by atoms with van der Waals surface area (Å²) in [5, 5.41) is 11.9. The van der Waals surface area contributed by atoms with Crippen LogP contribution in [0.2, 0.25) is 0 Å². The number of nitrogens with one attached hydrogen (secondary N) is 1. The molecule has 2 N–H and O–H groups in total. The molecule has 4 heteroatoms. The number of rotatable bonds is 5. The highest BCUT2D eigenvalue weighted by atomic mass is 16.4. The fourth-order valence-electron chi connectivity index (χ4n) is 1.84. The van der Waals surface area contributed by atoms with Gasteiger partial charge in [-0.15, -0.1) is 0 Å². The smallest absolute Gasteiger partial charge is 0.311 e. The predicted molar refractivity (Wildman–Crippen MR) is 74.3 cm³/mol. The van der Waals surface area contributed by atoms with Gasteiger partial charge >= 0.3 is 5.97 Å². The summed E-state index contributed by atoms with van der Waals surface area (Å²) in [5.41, 5.74) is 1.68. The number of carbonyl (C=O) groups excluding carboxylic acids is 1. The first kappa shape index (κ1) is 15.2. The molecule has 1 amide bonds. The van der Waals surface area contributed by atoms with E-state index in [1.807, 2.05) is 19.9 Å². The molecule has 1 rings (SSSR count). The van der Waals surface area contributed by atoms with E-state index in [1.54, 1.807) is 26.0 Å². The fourth-order valence-corrected chi connectivity index (χ4v) is 1.84. The molecular weight excluding hydrogens is 242 g/mol. The SMILES string of the molecule is CCC(C)(CNC(=O)c1cc(C)cc(C)c1)C(=O)O. The Labute approximate surface area is 113 Å². The van der Waals surface area contributed by atoms with Crippen molar-refractivity contribution >= 4 is 11.9 Å². The van der Waals surface area contributed by atoms with Gasteiger partial charge in [-0.2, -0.15) is 0 Å². The van der Waals surface area contributed by atoms with Crippen LogP contribution in [0.25, 0.3) is 0 Å². The van der Waals surface area contributed by atoms with Crippen LogP contribution in [0, 0.1) is 19.3 Å². The molecule has 0 bridgehead atoms. The summed E-state index contributed by atoms with van der Waals surface area (Å²) in [4.78, 5) is 23.2. The Morgan fingerprint density at radius 3 is 2.16 bits per heavy atom. The number of carbonyl (C=O) groups is 2. The van der Waals surface area contributed by atoms with Crippen molar-refractivity contribution in [2.45, 2.75) is 34.1 Å². The second-order valence-electron chi connectivity index (χ2n) is 5.28. The lowest BCUT2D eigenvalue weighted by Crippen LogP contribution is -2.40. The van der Waals surface area contributed by atoms with Crippen LogP contribution in [0.1, 0.15) is 41.8 Å². The minimum atomic E-state index is -0.922. The van der Waals surface area contributed by atoms with Crippen molar-refractivity contribution in [3.63, 3.8) is 0 Å². The van der Waals surface area contributed by atoms with Crippen LogP contribution in [0.15, 0.2) is 18.2 Å². The molecule has 1 unspecified atom stereocenters. The lowest BCUT2D eigenvalue weighted by atomic mass is 9.87. The number of aliphatic carboxylic acids is 1. The summed E-state index contributed by atoms with van der Waals surface area (Å²) in [6.45, 7) is 7.42. The molecule has 0 aliphatic rings. The molecule has 0 heterocycles. The second-order valence-corrected chi connectivity index (χ2v) is 5.28. The Morgan fingerprint density at radius 2 is 1.74 bits per heavy atom. The highest BCUT2D eigenvalue weighted by Gasteiger charge is 2.31. The van der Waals surface area contributed by atoms with Gasteiger partial charge in [0, 0.05) is 12.1 Å². The molecule has 104 valence electrons. The average molecular weight is 263 g/mol. The molecule has 0 saturated heterocycles. The van der Waals surface area contributed by atoms with Crippen molar-refractivity contribution in [3.05, 3.63) is 34.9 Å². The summed E-state index contributed by atoms with van der Waals surface area (Å²) < 4.78 is 0. The van der Waals surface area contributed by atoms with Crippen molar-refractivity contribution in [2.24, 2.45) is 5.41 Å². The van der Waals surface area contributed by atoms with Crippen molar-refractivity contribution in [2.75, 3.05) is 6.54 Å². The number of carboxylic acids is 1. The minimum Gasteiger partial charge on any atom is -0.481 e. The van der Waals surface area contributed by atoms with E-state index in [2.05, 4.69) is 5.32 Å². The first-order valence-corrected chi connectivity index (χ1v) is 6.38. The maximum Gasteiger partial charge on any atom is 0.311 e. The maximum atomic E-state index is 12.0. The van der Waals surface area contributed by atoms with Crippen LogP contribution in [0.4, 0.5) is 0 Å². The molecule has 0 saturated carbocycles. The van der Waals surface area contributed by atoms with Gasteiger partial charge in [0.15, 0.2) is 0 Å². The lowest BCUT2D eigenvalue weighted by Gasteiger charge is -2.23. The largest absolute Gasteiger partial charge is 0.481 e. The molecule has 1 aromatic rings. The first-order chi connectivity index (χ1) is 8.78. The van der Waals surface area contributed by atoms with E-state index in [4.69, 9.17) is 5.11 Å². The zero-order valence-electron chi connectivity index (χ0n) is 11.9. The number of aryl methyl sites for hydroxylation is 2. The number of hydrogen-bond donors (Lipinski definition) is 2. The van der Waals surface area contributed by atoms with Crippen molar-refractivity contribution < 1.29 is 14.7 Å². The average Bonchev–Trinajstić information content (AvgIpc) is 2.34.